The van der Waals surface area contributed by atoms with Crippen molar-refractivity contribution in [1.82, 2.24) is 15.2 Å². The number of hydrogen-bond donors (Lipinski definition) is 1. The number of nitrogens with zero attached hydrogens (tertiary/aromatic N) is 2. The molecule has 0 fully saturated rings. The molecule has 0 saturated heterocycles. The second-order valence-electron chi connectivity index (χ2n) is 3.81. The van der Waals surface area contributed by atoms with Crippen LogP contribution in [0, 0.1) is 6.92 Å². The quantitative estimate of drug-likeness (QED) is 0.746. The van der Waals surface area contributed by atoms with E-state index in [1.165, 1.54) is 5.56 Å². The van der Waals surface area contributed by atoms with E-state index in [1.807, 2.05) is 30.3 Å². The number of aromatic nitrogens is 3. The van der Waals surface area contributed by atoms with Gasteiger partial charge >= 0.3 is 0 Å². The van der Waals surface area contributed by atoms with Crippen molar-refractivity contribution in [3.63, 3.8) is 0 Å². The van der Waals surface area contributed by atoms with Crippen LogP contribution in [0.3, 0.4) is 0 Å². The highest BCUT2D eigenvalue weighted by molar-refractivity contribution is 7.13. The summed E-state index contributed by atoms with van der Waals surface area (Å²) in [7, 11) is 0. The molecule has 3 nitrogen and oxygen atoms in total. The summed E-state index contributed by atoms with van der Waals surface area (Å²) >= 11 is 1.68. The van der Waals surface area contributed by atoms with Crippen LogP contribution in [0.2, 0.25) is 0 Å². The lowest BCUT2D eigenvalue weighted by molar-refractivity contribution is 1.10. The first kappa shape index (κ1) is 10.2. The minimum Gasteiger partial charge on any atom is -0.258 e. The van der Waals surface area contributed by atoms with Crippen LogP contribution in [0.5, 0.6) is 0 Å². The maximum atomic E-state index is 4.53. The molecule has 0 unspecified atom stereocenters. The normalized spacial score (nSPS) is 10.6. The number of thiophene rings is 1. The second kappa shape index (κ2) is 4.14. The number of rotatable bonds is 2. The lowest BCUT2D eigenvalue weighted by atomic mass is 10.2. The number of benzene rings is 1. The zero-order valence-electron chi connectivity index (χ0n) is 9.34. The fourth-order valence-corrected chi connectivity index (χ4v) is 2.56. The Labute approximate surface area is 103 Å². The van der Waals surface area contributed by atoms with E-state index >= 15 is 0 Å². The molecule has 84 valence electrons. The van der Waals surface area contributed by atoms with Gasteiger partial charge in [-0.3, -0.25) is 5.10 Å². The summed E-state index contributed by atoms with van der Waals surface area (Å²) in [5.74, 6) is 1.59. The molecule has 0 aliphatic rings. The zero-order valence-corrected chi connectivity index (χ0v) is 10.2. The molecule has 2 heterocycles. The molecule has 0 amide bonds. The second-order valence-corrected chi connectivity index (χ2v) is 4.72. The van der Waals surface area contributed by atoms with E-state index in [2.05, 4.69) is 33.6 Å². The number of aryl methyl sites for hydroxylation is 1. The monoisotopic (exact) mass is 241 g/mol. The molecule has 0 spiro atoms. The Morgan fingerprint density at radius 2 is 1.94 bits per heavy atom. The Balaban J connectivity index is 2.02. The van der Waals surface area contributed by atoms with Crippen molar-refractivity contribution >= 4 is 11.3 Å². The molecular formula is C13H11N3S. The topological polar surface area (TPSA) is 41.6 Å². The summed E-state index contributed by atoms with van der Waals surface area (Å²) in [5.41, 5.74) is 2.26. The minimum absolute atomic E-state index is 0.744. The predicted molar refractivity (Wildman–Crippen MR) is 69.9 cm³/mol. The van der Waals surface area contributed by atoms with E-state index in [4.69, 9.17) is 0 Å². The van der Waals surface area contributed by atoms with Crippen LogP contribution in [0.25, 0.3) is 22.1 Å². The highest BCUT2D eigenvalue weighted by Gasteiger charge is 2.10. The first-order valence-corrected chi connectivity index (χ1v) is 6.25. The third-order valence-electron chi connectivity index (χ3n) is 2.59. The number of aromatic amines is 1. The molecule has 3 aromatic rings. The van der Waals surface area contributed by atoms with Gasteiger partial charge in [-0.1, -0.05) is 30.3 Å². The largest absolute Gasteiger partial charge is 0.258 e. The van der Waals surface area contributed by atoms with Crippen LogP contribution >= 0.6 is 11.3 Å². The molecule has 0 bridgehead atoms. The predicted octanol–water partition coefficient (Wildman–Crippen LogP) is 3.51. The fourth-order valence-electron chi connectivity index (χ4n) is 1.70. The van der Waals surface area contributed by atoms with Gasteiger partial charge in [0.1, 0.15) is 0 Å². The van der Waals surface area contributed by atoms with Crippen LogP contribution in [0.4, 0.5) is 0 Å². The van der Waals surface area contributed by atoms with Gasteiger partial charge in [0, 0.05) is 5.56 Å². The van der Waals surface area contributed by atoms with Gasteiger partial charge < -0.3 is 0 Å². The highest BCUT2D eigenvalue weighted by Crippen LogP contribution is 2.27. The van der Waals surface area contributed by atoms with Crippen LogP contribution in [0.15, 0.2) is 41.8 Å². The van der Waals surface area contributed by atoms with E-state index in [0.717, 1.165) is 22.1 Å². The van der Waals surface area contributed by atoms with Gasteiger partial charge in [-0.2, -0.15) is 5.10 Å². The van der Waals surface area contributed by atoms with Crippen molar-refractivity contribution in [3.8, 4) is 22.1 Å². The molecule has 3 rings (SSSR count). The number of hydrogen-bond acceptors (Lipinski definition) is 3. The lowest BCUT2D eigenvalue weighted by Gasteiger charge is -1.93. The minimum atomic E-state index is 0.744. The number of H-pyrrole nitrogens is 1. The van der Waals surface area contributed by atoms with Crippen molar-refractivity contribution < 1.29 is 0 Å². The molecule has 0 radical (unpaired) electrons. The first-order chi connectivity index (χ1) is 8.34. The first-order valence-electron chi connectivity index (χ1n) is 5.37. The summed E-state index contributed by atoms with van der Waals surface area (Å²) in [6.07, 6.45) is 0. The summed E-state index contributed by atoms with van der Waals surface area (Å²) in [6.45, 7) is 2.08. The van der Waals surface area contributed by atoms with Crippen molar-refractivity contribution in [2.75, 3.05) is 0 Å². The van der Waals surface area contributed by atoms with Crippen molar-refractivity contribution in [2.45, 2.75) is 6.92 Å². The van der Waals surface area contributed by atoms with Crippen LogP contribution in [0.1, 0.15) is 5.56 Å². The molecule has 4 heteroatoms. The van der Waals surface area contributed by atoms with Gasteiger partial charge in [0.15, 0.2) is 11.6 Å². The Kier molecular flexibility index (Phi) is 2.49. The summed E-state index contributed by atoms with van der Waals surface area (Å²) in [6, 6.07) is 12.1. The molecule has 0 aliphatic heterocycles. The van der Waals surface area contributed by atoms with Crippen LogP contribution in [-0.4, -0.2) is 15.2 Å². The average molecular weight is 241 g/mol. The Bertz CT molecular complexity index is 625. The fraction of sp³-hybridized carbons (Fsp3) is 0.0769. The maximum Gasteiger partial charge on any atom is 0.181 e. The molecule has 2 aromatic heterocycles. The van der Waals surface area contributed by atoms with Crippen LogP contribution < -0.4 is 0 Å². The van der Waals surface area contributed by atoms with Gasteiger partial charge in [0.2, 0.25) is 0 Å². The summed E-state index contributed by atoms with van der Waals surface area (Å²) in [4.78, 5) is 5.68. The number of nitrogens with one attached hydrogen (secondary N) is 1. The maximum absolute atomic E-state index is 4.53. The third-order valence-corrected chi connectivity index (χ3v) is 3.62. The van der Waals surface area contributed by atoms with Crippen molar-refractivity contribution in [1.29, 1.82) is 0 Å². The van der Waals surface area contributed by atoms with Gasteiger partial charge in [0.25, 0.3) is 0 Å². The molecule has 0 atom stereocenters. The van der Waals surface area contributed by atoms with Crippen LogP contribution in [-0.2, 0) is 0 Å². The summed E-state index contributed by atoms with van der Waals surface area (Å²) in [5, 5.41) is 9.32. The van der Waals surface area contributed by atoms with Gasteiger partial charge in [-0.15, -0.1) is 11.3 Å². The molecular weight excluding hydrogens is 230 g/mol. The average Bonchev–Trinajstić information content (AvgIpc) is 2.98. The van der Waals surface area contributed by atoms with Gasteiger partial charge in [0.05, 0.1) is 4.88 Å². The van der Waals surface area contributed by atoms with Gasteiger partial charge in [-0.05, 0) is 23.9 Å². The van der Waals surface area contributed by atoms with E-state index in [9.17, 15) is 0 Å². The summed E-state index contributed by atoms with van der Waals surface area (Å²) < 4.78 is 0. The molecule has 1 aromatic carbocycles. The molecule has 0 saturated carbocycles. The van der Waals surface area contributed by atoms with E-state index in [-0.39, 0.29) is 0 Å². The van der Waals surface area contributed by atoms with Gasteiger partial charge in [-0.25, -0.2) is 4.98 Å². The highest BCUT2D eigenvalue weighted by atomic mass is 32.1. The molecule has 1 N–H and O–H groups in total. The molecule has 0 aliphatic carbocycles. The lowest BCUT2D eigenvalue weighted by Crippen LogP contribution is -1.80. The van der Waals surface area contributed by atoms with Crippen molar-refractivity contribution in [3.05, 3.63) is 47.3 Å². The van der Waals surface area contributed by atoms with E-state index in [1.54, 1.807) is 11.3 Å². The zero-order chi connectivity index (χ0) is 11.7. The third kappa shape index (κ3) is 1.87. The van der Waals surface area contributed by atoms with E-state index < -0.39 is 0 Å². The smallest absolute Gasteiger partial charge is 0.181 e. The van der Waals surface area contributed by atoms with Crippen molar-refractivity contribution in [2.24, 2.45) is 0 Å². The molecule has 17 heavy (non-hydrogen) atoms. The Morgan fingerprint density at radius 3 is 2.65 bits per heavy atom. The standard InChI is InChI=1S/C13H11N3S/c1-9-7-8-17-11(9)13-14-12(15-16-13)10-5-3-2-4-6-10/h2-8H,1H3,(H,14,15,16). The van der Waals surface area contributed by atoms with E-state index in [0.29, 0.717) is 0 Å². The Morgan fingerprint density at radius 1 is 1.12 bits per heavy atom. The Hall–Kier alpha value is -1.94. The SMILES string of the molecule is Cc1ccsc1-c1nc(-c2ccccc2)n[nH]1.